The minimum atomic E-state index is -0.468. The van der Waals surface area contributed by atoms with Gasteiger partial charge in [0.2, 0.25) is 0 Å². The lowest BCUT2D eigenvalue weighted by Crippen LogP contribution is -2.47. The Morgan fingerprint density at radius 2 is 2.10 bits per heavy atom. The van der Waals surface area contributed by atoms with Gasteiger partial charge in [-0.1, -0.05) is 12.1 Å². The summed E-state index contributed by atoms with van der Waals surface area (Å²) in [6.45, 7) is 4.08. The van der Waals surface area contributed by atoms with Crippen LogP contribution in [0.2, 0.25) is 0 Å². The number of benzene rings is 1. The van der Waals surface area contributed by atoms with Gasteiger partial charge >= 0.3 is 0 Å². The number of aliphatic hydroxyl groups excluding tert-OH is 1. The molecule has 21 heavy (non-hydrogen) atoms. The summed E-state index contributed by atoms with van der Waals surface area (Å²) in [7, 11) is 0. The standard InChI is InChI=1S/C17H24O4/c1-13(18)14-3-2-4-15(11-14)21-16-5-8-20-17(12-16)6-9-19-10-7-17/h2-4,11,13,16,18H,5-10,12H2,1H3/t13-,16?/m0/s1. The van der Waals surface area contributed by atoms with Gasteiger partial charge in [0, 0.05) is 26.1 Å². The lowest BCUT2D eigenvalue weighted by atomic mass is 9.85. The van der Waals surface area contributed by atoms with Crippen molar-refractivity contribution >= 4 is 0 Å². The van der Waals surface area contributed by atoms with Crippen molar-refractivity contribution in [1.29, 1.82) is 0 Å². The predicted molar refractivity (Wildman–Crippen MR) is 79.5 cm³/mol. The van der Waals surface area contributed by atoms with Crippen LogP contribution in [-0.2, 0) is 9.47 Å². The Bertz CT molecular complexity index is 460. The van der Waals surface area contributed by atoms with E-state index in [-0.39, 0.29) is 11.7 Å². The first-order chi connectivity index (χ1) is 10.2. The lowest BCUT2D eigenvalue weighted by molar-refractivity contribution is -0.155. The van der Waals surface area contributed by atoms with Gasteiger partial charge in [0.05, 0.1) is 18.3 Å². The molecule has 1 N–H and O–H groups in total. The molecule has 4 heteroatoms. The highest BCUT2D eigenvalue weighted by Gasteiger charge is 2.39. The molecule has 2 aliphatic heterocycles. The molecule has 0 bridgehead atoms. The van der Waals surface area contributed by atoms with E-state index in [1.165, 1.54) is 0 Å². The first-order valence-electron chi connectivity index (χ1n) is 7.83. The monoisotopic (exact) mass is 292 g/mol. The van der Waals surface area contributed by atoms with Gasteiger partial charge in [0.15, 0.2) is 0 Å². The molecule has 0 aromatic heterocycles. The second-order valence-electron chi connectivity index (χ2n) is 6.12. The molecule has 0 aliphatic carbocycles. The zero-order chi connectivity index (χ0) is 14.7. The summed E-state index contributed by atoms with van der Waals surface area (Å²) in [6, 6.07) is 7.73. The van der Waals surface area contributed by atoms with Gasteiger partial charge in [-0.3, -0.25) is 0 Å². The minimum absolute atomic E-state index is 0.0525. The Kier molecular flexibility index (Phi) is 4.48. The molecule has 3 rings (SSSR count). The molecule has 0 radical (unpaired) electrons. The third kappa shape index (κ3) is 3.57. The highest BCUT2D eigenvalue weighted by molar-refractivity contribution is 5.29. The molecule has 1 spiro atoms. The number of hydrogen-bond acceptors (Lipinski definition) is 4. The van der Waals surface area contributed by atoms with Crippen molar-refractivity contribution in [2.45, 2.75) is 50.4 Å². The van der Waals surface area contributed by atoms with Crippen molar-refractivity contribution in [2.24, 2.45) is 0 Å². The van der Waals surface area contributed by atoms with E-state index in [1.54, 1.807) is 6.92 Å². The van der Waals surface area contributed by atoms with Crippen molar-refractivity contribution in [3.8, 4) is 5.75 Å². The van der Waals surface area contributed by atoms with Crippen LogP contribution in [0, 0.1) is 0 Å². The maximum Gasteiger partial charge on any atom is 0.120 e. The maximum atomic E-state index is 9.66. The normalized spacial score (nSPS) is 26.5. The molecule has 2 saturated heterocycles. The van der Waals surface area contributed by atoms with E-state index in [4.69, 9.17) is 14.2 Å². The minimum Gasteiger partial charge on any atom is -0.490 e. The summed E-state index contributed by atoms with van der Waals surface area (Å²) < 4.78 is 17.6. The maximum absolute atomic E-state index is 9.66. The predicted octanol–water partition coefficient (Wildman–Crippen LogP) is 2.85. The molecule has 4 nitrogen and oxygen atoms in total. The fourth-order valence-corrected chi connectivity index (χ4v) is 3.22. The van der Waals surface area contributed by atoms with Crippen molar-refractivity contribution in [2.75, 3.05) is 19.8 Å². The van der Waals surface area contributed by atoms with Gasteiger partial charge in [-0.05, 0) is 37.5 Å². The van der Waals surface area contributed by atoms with E-state index in [9.17, 15) is 5.11 Å². The van der Waals surface area contributed by atoms with Crippen molar-refractivity contribution in [1.82, 2.24) is 0 Å². The number of ether oxygens (including phenoxy) is 3. The molecule has 1 unspecified atom stereocenters. The average molecular weight is 292 g/mol. The third-order valence-corrected chi connectivity index (χ3v) is 4.50. The van der Waals surface area contributed by atoms with Gasteiger partial charge in [-0.2, -0.15) is 0 Å². The van der Waals surface area contributed by atoms with E-state index in [0.29, 0.717) is 0 Å². The van der Waals surface area contributed by atoms with Gasteiger partial charge in [0.1, 0.15) is 11.9 Å². The Morgan fingerprint density at radius 3 is 2.86 bits per heavy atom. The van der Waals surface area contributed by atoms with Crippen molar-refractivity contribution in [3.63, 3.8) is 0 Å². The Morgan fingerprint density at radius 1 is 1.29 bits per heavy atom. The van der Waals surface area contributed by atoms with Crippen LogP contribution in [0.5, 0.6) is 5.75 Å². The largest absolute Gasteiger partial charge is 0.490 e. The molecule has 0 saturated carbocycles. The van der Waals surface area contributed by atoms with Gasteiger partial charge in [0.25, 0.3) is 0 Å². The lowest BCUT2D eigenvalue weighted by Gasteiger charge is -2.43. The van der Waals surface area contributed by atoms with Crippen LogP contribution < -0.4 is 4.74 Å². The zero-order valence-corrected chi connectivity index (χ0v) is 12.6. The van der Waals surface area contributed by atoms with Crippen LogP contribution in [0.4, 0.5) is 0 Å². The molecule has 116 valence electrons. The zero-order valence-electron chi connectivity index (χ0n) is 12.6. The van der Waals surface area contributed by atoms with Crippen LogP contribution in [0.3, 0.4) is 0 Å². The van der Waals surface area contributed by atoms with E-state index < -0.39 is 6.10 Å². The van der Waals surface area contributed by atoms with Crippen molar-refractivity contribution in [3.05, 3.63) is 29.8 Å². The second-order valence-corrected chi connectivity index (χ2v) is 6.12. The summed E-state index contributed by atoms with van der Waals surface area (Å²) in [6.07, 6.45) is 3.48. The van der Waals surface area contributed by atoms with E-state index >= 15 is 0 Å². The molecular formula is C17H24O4. The molecule has 0 amide bonds. The van der Waals surface area contributed by atoms with E-state index in [0.717, 1.165) is 56.8 Å². The molecule has 2 atom stereocenters. The summed E-state index contributed by atoms with van der Waals surface area (Å²) in [5, 5.41) is 9.66. The molecule has 1 aromatic carbocycles. The van der Waals surface area contributed by atoms with Crippen LogP contribution in [-0.4, -0.2) is 36.6 Å². The Hall–Kier alpha value is -1.10. The quantitative estimate of drug-likeness (QED) is 0.930. The fraction of sp³-hybridized carbons (Fsp3) is 0.647. The molecule has 1 aromatic rings. The highest BCUT2D eigenvalue weighted by atomic mass is 16.5. The average Bonchev–Trinajstić information content (AvgIpc) is 2.48. The van der Waals surface area contributed by atoms with E-state index in [2.05, 4.69) is 0 Å². The Labute approximate surface area is 126 Å². The summed E-state index contributed by atoms with van der Waals surface area (Å²) in [5.41, 5.74) is 0.837. The SMILES string of the molecule is C[C@H](O)c1cccc(OC2CCOC3(CCOCC3)C2)c1. The number of rotatable bonds is 3. The summed E-state index contributed by atoms with van der Waals surface area (Å²) >= 11 is 0. The molecule has 2 aliphatic rings. The Balaban J connectivity index is 1.65. The fourth-order valence-electron chi connectivity index (χ4n) is 3.22. The number of hydrogen-bond donors (Lipinski definition) is 1. The summed E-state index contributed by atoms with van der Waals surface area (Å²) in [4.78, 5) is 0. The second kappa shape index (κ2) is 6.34. The van der Waals surface area contributed by atoms with Crippen LogP contribution in [0.1, 0.15) is 44.3 Å². The van der Waals surface area contributed by atoms with Crippen LogP contribution in [0.15, 0.2) is 24.3 Å². The van der Waals surface area contributed by atoms with Gasteiger partial charge in [-0.25, -0.2) is 0 Å². The van der Waals surface area contributed by atoms with E-state index in [1.807, 2.05) is 24.3 Å². The highest BCUT2D eigenvalue weighted by Crippen LogP contribution is 2.36. The number of aliphatic hydroxyl groups is 1. The molecular weight excluding hydrogens is 268 g/mol. The van der Waals surface area contributed by atoms with Crippen molar-refractivity contribution < 1.29 is 19.3 Å². The first-order valence-corrected chi connectivity index (χ1v) is 7.83. The summed E-state index contributed by atoms with van der Waals surface area (Å²) in [5.74, 6) is 0.836. The first kappa shape index (κ1) is 14.8. The third-order valence-electron chi connectivity index (χ3n) is 4.50. The van der Waals surface area contributed by atoms with Crippen LogP contribution >= 0.6 is 0 Å². The topological polar surface area (TPSA) is 47.9 Å². The van der Waals surface area contributed by atoms with Crippen LogP contribution in [0.25, 0.3) is 0 Å². The smallest absolute Gasteiger partial charge is 0.120 e. The van der Waals surface area contributed by atoms with Gasteiger partial charge < -0.3 is 19.3 Å². The van der Waals surface area contributed by atoms with Gasteiger partial charge in [-0.15, -0.1) is 0 Å². The molecule has 2 heterocycles. The molecule has 2 fully saturated rings.